The van der Waals surface area contributed by atoms with Crippen LogP contribution in [-0.2, 0) is 56.2 Å². The van der Waals surface area contributed by atoms with Crippen molar-refractivity contribution in [1.29, 1.82) is 0 Å². The Morgan fingerprint density at radius 3 is 1.34 bits per heavy atom. The zero-order valence-electron chi connectivity index (χ0n) is 53.6. The highest BCUT2D eigenvalue weighted by molar-refractivity contribution is 7.86. The second kappa shape index (κ2) is 29.4. The summed E-state index contributed by atoms with van der Waals surface area (Å²) in [4.78, 5) is 38.9. The summed E-state index contributed by atoms with van der Waals surface area (Å²) in [6.07, 6.45) is 18.7. The van der Waals surface area contributed by atoms with Crippen LogP contribution < -0.4 is 20.7 Å². The van der Waals surface area contributed by atoms with Crippen molar-refractivity contribution in [1.82, 2.24) is 10.9 Å². The van der Waals surface area contributed by atoms with Gasteiger partial charge in [0.25, 0.3) is 0 Å². The molecule has 0 aliphatic carbocycles. The maximum absolute atomic E-state index is 12.3. The predicted molar refractivity (Wildman–Crippen MR) is 359 cm³/mol. The van der Waals surface area contributed by atoms with E-state index in [4.69, 9.17) is 9.84 Å². The Morgan fingerprint density at radius 2 is 0.967 bits per heavy atom. The summed E-state index contributed by atoms with van der Waals surface area (Å²) in [5.41, 5.74) is 15.4. The number of allylic oxidation sites excluding steroid dienone is 8. The van der Waals surface area contributed by atoms with Gasteiger partial charge in [0.1, 0.15) is 38.9 Å². The second-order valence-electron chi connectivity index (χ2n) is 26.2. The number of carboxylic acids is 1. The lowest BCUT2D eigenvalue weighted by Crippen LogP contribution is -2.44. The molecule has 4 aliphatic rings. The highest BCUT2D eigenvalue weighted by atomic mass is 32.2. The van der Waals surface area contributed by atoms with Crippen LogP contribution in [0.1, 0.15) is 191 Å². The van der Waals surface area contributed by atoms with Gasteiger partial charge in [-0.25, -0.2) is 27.1 Å². The molecule has 17 nitrogen and oxygen atoms in total. The van der Waals surface area contributed by atoms with Gasteiger partial charge in [-0.3, -0.25) is 15.0 Å². The van der Waals surface area contributed by atoms with E-state index < -0.39 is 48.7 Å². The Hall–Kier alpha value is -7.19. The molecule has 0 bridgehead atoms. The molecule has 0 unspecified atom stereocenters. The third-order valence-corrected chi connectivity index (χ3v) is 18.7. The minimum Gasteiger partial charge on any atom is -0.744 e. The van der Waals surface area contributed by atoms with Crippen LogP contribution >= 0.6 is 0 Å². The molecule has 2 amide bonds. The molecule has 19 heteroatoms. The summed E-state index contributed by atoms with van der Waals surface area (Å²) in [5, 5.41) is 8.98. The van der Waals surface area contributed by atoms with E-state index in [9.17, 15) is 40.3 Å². The van der Waals surface area contributed by atoms with Gasteiger partial charge in [0.05, 0.1) is 20.6 Å². The zero-order chi connectivity index (χ0) is 64.8. The first-order valence-corrected chi connectivity index (χ1v) is 33.5. The van der Waals surface area contributed by atoms with Gasteiger partial charge in [-0.2, -0.15) is 9.15 Å². The molecule has 0 radical (unpaired) electrons. The molecule has 0 saturated heterocycles. The molecule has 4 aromatic carbocycles. The average molecular weight is 1280 g/mol. The first kappa shape index (κ1) is 73.5. The van der Waals surface area contributed by atoms with Gasteiger partial charge in [-0.15, -0.1) is 0 Å². The standard InChI is InChI=1S/C37H50N4O6S.C32H40N2O5S.2CH4/c1-9-23-40-29-17-13-12-16-27(29)36(5,6)31(40)18-15-19-32-37(7,8)28-25-26(48(44,45)46)21-22-30(28)41(32)24-14-10-11-20-33(42)38-39-34(43)47-35(2,3)4;1-6-20-33-26-14-10-9-13-24(26)31(2,3)28(33)15-12-16-29-32(4,5)25-22-23(40(37,38)39)18-19-27(25)34(29)21-11-7-8-17-30(35)36;;/h12-13,15-19,21-22,25H,9-11,14,20,23-24H2,1-8H3,(H2-,38,39,42,43,44,45,46);9-10,12-16,18-19,22H,6-8,11,17,20-21H2,1-5H3,(H-,35,36,37,38,39);2*1H4. The van der Waals surface area contributed by atoms with Crippen LogP contribution in [0.2, 0.25) is 0 Å². The van der Waals surface area contributed by atoms with Crippen LogP contribution in [0.5, 0.6) is 0 Å². The van der Waals surface area contributed by atoms with Crippen molar-refractivity contribution in [2.24, 2.45) is 0 Å². The maximum Gasteiger partial charge on any atom is 0.426 e. The minimum absolute atomic E-state index is 0. The molecule has 0 saturated carbocycles. The van der Waals surface area contributed by atoms with Crippen LogP contribution in [0.15, 0.2) is 143 Å². The summed E-state index contributed by atoms with van der Waals surface area (Å²) < 4.78 is 81.2. The van der Waals surface area contributed by atoms with Gasteiger partial charge >= 0.3 is 12.1 Å². The summed E-state index contributed by atoms with van der Waals surface area (Å²) in [5.74, 6) is -1.10. The van der Waals surface area contributed by atoms with E-state index in [1.54, 1.807) is 32.9 Å². The molecular formula is C71H98N6O11S2. The smallest absolute Gasteiger partial charge is 0.426 e. The summed E-state index contributed by atoms with van der Waals surface area (Å²) >= 11 is 0. The fourth-order valence-electron chi connectivity index (χ4n) is 12.7. The Labute approximate surface area is 536 Å². The topological polar surface area (TPSA) is 232 Å². The number of hydrazine groups is 1. The summed E-state index contributed by atoms with van der Waals surface area (Å²) in [6, 6.07) is 26.3. The third-order valence-electron chi connectivity index (χ3n) is 17.1. The van der Waals surface area contributed by atoms with Crippen LogP contribution in [0, 0.1) is 0 Å². The monoisotopic (exact) mass is 1270 g/mol. The van der Waals surface area contributed by atoms with E-state index in [-0.39, 0.29) is 54.2 Å². The maximum atomic E-state index is 12.3. The fraction of sp³-hybridized carbons (Fsp3) is 0.479. The van der Waals surface area contributed by atoms with Crippen LogP contribution in [-0.4, -0.2) is 101 Å². The number of carbonyl (C=O) groups excluding carboxylic acids is 2. The Morgan fingerprint density at radius 1 is 0.567 bits per heavy atom. The number of para-hydroxylation sites is 2. The first-order chi connectivity index (χ1) is 41.2. The van der Waals surface area contributed by atoms with Gasteiger partial charge in [-0.05, 0) is 134 Å². The van der Waals surface area contributed by atoms with Crippen molar-refractivity contribution >= 4 is 72.4 Å². The number of rotatable bonds is 22. The molecule has 0 atom stereocenters. The molecule has 490 valence electrons. The lowest BCUT2D eigenvalue weighted by atomic mass is 9.81. The normalized spacial score (nSPS) is 17.6. The van der Waals surface area contributed by atoms with Gasteiger partial charge in [0.15, 0.2) is 11.4 Å². The van der Waals surface area contributed by atoms with Crippen molar-refractivity contribution in [3.05, 3.63) is 155 Å². The zero-order valence-corrected chi connectivity index (χ0v) is 55.2. The molecule has 90 heavy (non-hydrogen) atoms. The number of carbonyl (C=O) groups is 3. The van der Waals surface area contributed by atoms with Gasteiger partial charge in [0.2, 0.25) is 17.3 Å². The number of nitrogens with zero attached hydrogens (tertiary/aromatic N) is 4. The summed E-state index contributed by atoms with van der Waals surface area (Å²) in [6.45, 7) is 29.9. The fourth-order valence-corrected chi connectivity index (χ4v) is 13.7. The molecule has 3 N–H and O–H groups in total. The number of aliphatic carboxylic acids is 1. The molecule has 0 spiro atoms. The van der Waals surface area contributed by atoms with Crippen molar-refractivity contribution < 1.29 is 59.3 Å². The van der Waals surface area contributed by atoms with Crippen molar-refractivity contribution in [2.45, 2.75) is 206 Å². The van der Waals surface area contributed by atoms with E-state index in [0.29, 0.717) is 25.9 Å². The number of anilines is 2. The lowest BCUT2D eigenvalue weighted by molar-refractivity contribution is -0.437. The predicted octanol–water partition coefficient (Wildman–Crippen LogP) is 14.3. The Balaban J connectivity index is 0.000000325. The Kier molecular flexibility index (Phi) is 24.0. The lowest BCUT2D eigenvalue weighted by Gasteiger charge is -2.27. The van der Waals surface area contributed by atoms with E-state index in [2.05, 4.69) is 156 Å². The number of nitrogens with one attached hydrogen (secondary N) is 2. The number of amides is 2. The number of hydrogen-bond acceptors (Lipinski definition) is 12. The number of hydrogen-bond donors (Lipinski definition) is 3. The molecule has 4 aliphatic heterocycles. The van der Waals surface area contributed by atoms with Gasteiger partial charge < -0.3 is 28.7 Å². The van der Waals surface area contributed by atoms with Crippen LogP contribution in [0.3, 0.4) is 0 Å². The molecule has 0 aromatic heterocycles. The molecule has 4 heterocycles. The number of ether oxygens (including phenoxy) is 1. The second-order valence-corrected chi connectivity index (χ2v) is 28.9. The Bertz CT molecular complexity index is 3730. The molecular weight excluding hydrogens is 1180 g/mol. The molecule has 0 fully saturated rings. The average Bonchev–Trinajstić information content (AvgIpc) is 1.74. The SMILES string of the molecule is C.C.CCC[N+]1=C(C=CC=C2N(CCCCCC(=O)NNC(=O)OC(C)(C)C)c3ccc(S(=O)(=O)[O-])cc3C2(C)C)C(C)(C)c2ccccc21.CCC[N+]1=C(C=CC=C2N(CCCCCC(=O)O)c3ccc(S(=O)(=O)[O-])cc3C2(C)C)C(C)(C)c2ccccc21. The number of unbranched alkanes of at least 4 members (excludes halogenated alkanes) is 4. The number of benzene rings is 4. The highest BCUT2D eigenvalue weighted by Gasteiger charge is 2.46. The van der Waals surface area contributed by atoms with Gasteiger partial charge in [-0.1, -0.05) is 118 Å². The van der Waals surface area contributed by atoms with Crippen LogP contribution in [0.25, 0.3) is 0 Å². The molecule has 8 rings (SSSR count). The van der Waals surface area contributed by atoms with Crippen LogP contribution in [0.4, 0.5) is 27.5 Å². The molecule has 4 aromatic rings. The summed E-state index contributed by atoms with van der Waals surface area (Å²) in [7, 11) is -9.21. The van der Waals surface area contributed by atoms with Gasteiger partial charge in [0, 0.05) is 108 Å². The highest BCUT2D eigenvalue weighted by Crippen LogP contribution is 2.51. The van der Waals surface area contributed by atoms with Crippen molar-refractivity contribution in [3.8, 4) is 0 Å². The van der Waals surface area contributed by atoms with Crippen molar-refractivity contribution in [2.75, 3.05) is 36.0 Å². The van der Waals surface area contributed by atoms with Crippen molar-refractivity contribution in [3.63, 3.8) is 0 Å². The third kappa shape index (κ3) is 16.5. The van der Waals surface area contributed by atoms with E-state index in [1.165, 1.54) is 58.2 Å². The van der Waals surface area contributed by atoms with E-state index in [1.807, 2.05) is 27.7 Å². The quantitative estimate of drug-likeness (QED) is 0.0288. The van der Waals surface area contributed by atoms with E-state index >= 15 is 0 Å². The van der Waals surface area contributed by atoms with E-state index in [0.717, 1.165) is 85.5 Å². The first-order valence-electron chi connectivity index (χ1n) is 30.7. The largest absolute Gasteiger partial charge is 0.744 e. The minimum atomic E-state index is -4.62. The number of fused-ring (bicyclic) bond motifs is 4. The number of carboxylic acid groups (broad SMARTS) is 1.